The maximum atomic E-state index is 10.5. The van der Waals surface area contributed by atoms with E-state index in [1.54, 1.807) is 0 Å². The van der Waals surface area contributed by atoms with E-state index in [1.165, 1.54) is 0 Å². The molecule has 0 saturated heterocycles. The SMILES string of the molecule is O=CCCCN(CC=O)c1ccccc1. The van der Waals surface area contributed by atoms with Crippen LogP contribution < -0.4 is 4.90 Å². The van der Waals surface area contributed by atoms with Gasteiger partial charge in [0, 0.05) is 18.7 Å². The first kappa shape index (κ1) is 11.4. The second-order valence-electron chi connectivity index (χ2n) is 3.26. The molecule has 0 heterocycles. The number of hydrogen-bond donors (Lipinski definition) is 0. The molecule has 0 aliphatic carbocycles. The Hall–Kier alpha value is -1.64. The van der Waals surface area contributed by atoms with Gasteiger partial charge in [-0.3, -0.25) is 0 Å². The van der Waals surface area contributed by atoms with Gasteiger partial charge in [-0.2, -0.15) is 0 Å². The average molecular weight is 205 g/mol. The highest BCUT2D eigenvalue weighted by molar-refractivity contribution is 5.61. The summed E-state index contributed by atoms with van der Waals surface area (Å²) in [6.07, 6.45) is 3.12. The molecule has 0 bridgehead atoms. The summed E-state index contributed by atoms with van der Waals surface area (Å²) in [5, 5.41) is 0. The van der Waals surface area contributed by atoms with Crippen molar-refractivity contribution in [3.05, 3.63) is 30.3 Å². The number of benzene rings is 1. The molecule has 3 heteroatoms. The summed E-state index contributed by atoms with van der Waals surface area (Å²) in [6, 6.07) is 9.74. The number of nitrogens with zero attached hydrogens (tertiary/aromatic N) is 1. The van der Waals surface area contributed by atoms with E-state index in [2.05, 4.69) is 0 Å². The lowest BCUT2D eigenvalue weighted by molar-refractivity contribution is -0.108. The summed E-state index contributed by atoms with van der Waals surface area (Å²) in [7, 11) is 0. The highest BCUT2D eigenvalue weighted by Gasteiger charge is 2.03. The fraction of sp³-hybridized carbons (Fsp3) is 0.333. The molecule has 0 N–H and O–H groups in total. The largest absolute Gasteiger partial charge is 0.364 e. The van der Waals surface area contributed by atoms with Gasteiger partial charge in [-0.15, -0.1) is 0 Å². The molecule has 0 atom stereocenters. The Balaban J connectivity index is 2.57. The predicted octanol–water partition coefficient (Wildman–Crippen LogP) is 1.67. The molecule has 3 nitrogen and oxygen atoms in total. The van der Waals surface area contributed by atoms with Gasteiger partial charge in [-0.05, 0) is 18.6 Å². The van der Waals surface area contributed by atoms with Crippen LogP contribution in [0, 0.1) is 0 Å². The summed E-state index contributed by atoms with van der Waals surface area (Å²) in [5.74, 6) is 0. The van der Waals surface area contributed by atoms with Crippen molar-refractivity contribution in [1.82, 2.24) is 0 Å². The Morgan fingerprint density at radius 2 is 1.80 bits per heavy atom. The van der Waals surface area contributed by atoms with Gasteiger partial charge < -0.3 is 14.5 Å². The number of aldehydes is 2. The minimum Gasteiger partial charge on any atom is -0.364 e. The molecule has 0 aromatic heterocycles. The predicted molar refractivity (Wildman–Crippen MR) is 60.0 cm³/mol. The Bertz CT molecular complexity index is 298. The zero-order valence-corrected chi connectivity index (χ0v) is 8.63. The molecule has 1 aromatic carbocycles. The van der Waals surface area contributed by atoms with Gasteiger partial charge in [0.25, 0.3) is 0 Å². The standard InChI is InChI=1S/C12H15NO2/c14-10-5-4-8-13(9-11-15)12-6-2-1-3-7-12/h1-3,6-7,10-11H,4-5,8-9H2. The number of para-hydroxylation sites is 1. The van der Waals surface area contributed by atoms with E-state index in [1.807, 2.05) is 35.2 Å². The molecular formula is C12H15NO2. The van der Waals surface area contributed by atoms with Gasteiger partial charge in [0.2, 0.25) is 0 Å². The molecule has 1 aromatic rings. The van der Waals surface area contributed by atoms with Crippen LogP contribution in [0.1, 0.15) is 12.8 Å². The van der Waals surface area contributed by atoms with Crippen molar-refractivity contribution in [1.29, 1.82) is 0 Å². The van der Waals surface area contributed by atoms with E-state index in [0.717, 1.165) is 31.2 Å². The lowest BCUT2D eigenvalue weighted by Crippen LogP contribution is -2.26. The number of carbonyl (C=O) groups excluding carboxylic acids is 2. The van der Waals surface area contributed by atoms with Crippen molar-refractivity contribution in [3.8, 4) is 0 Å². The third kappa shape index (κ3) is 3.94. The third-order valence-corrected chi connectivity index (χ3v) is 2.17. The minimum atomic E-state index is 0.378. The molecule has 0 aliphatic heterocycles. The first-order valence-corrected chi connectivity index (χ1v) is 5.05. The fourth-order valence-electron chi connectivity index (χ4n) is 1.42. The molecule has 0 saturated carbocycles. The molecule has 0 spiro atoms. The van der Waals surface area contributed by atoms with Crippen LogP contribution in [0.5, 0.6) is 0 Å². The van der Waals surface area contributed by atoms with Gasteiger partial charge in [-0.1, -0.05) is 18.2 Å². The van der Waals surface area contributed by atoms with Crippen molar-refractivity contribution < 1.29 is 9.59 Å². The summed E-state index contributed by atoms with van der Waals surface area (Å²) in [4.78, 5) is 22.7. The van der Waals surface area contributed by atoms with E-state index in [9.17, 15) is 9.59 Å². The molecule has 1 rings (SSSR count). The summed E-state index contributed by atoms with van der Waals surface area (Å²) >= 11 is 0. The van der Waals surface area contributed by atoms with Gasteiger partial charge in [-0.25, -0.2) is 0 Å². The first-order valence-electron chi connectivity index (χ1n) is 5.05. The monoisotopic (exact) mass is 205 g/mol. The topological polar surface area (TPSA) is 37.4 Å². The van der Waals surface area contributed by atoms with Crippen molar-refractivity contribution in [2.24, 2.45) is 0 Å². The van der Waals surface area contributed by atoms with Crippen molar-refractivity contribution in [2.75, 3.05) is 18.0 Å². The quantitative estimate of drug-likeness (QED) is 0.502. The lowest BCUT2D eigenvalue weighted by Gasteiger charge is -2.21. The van der Waals surface area contributed by atoms with Crippen LogP contribution in [0.3, 0.4) is 0 Å². The van der Waals surface area contributed by atoms with Crippen LogP contribution in [0.2, 0.25) is 0 Å². The number of carbonyl (C=O) groups is 2. The Morgan fingerprint density at radius 1 is 1.07 bits per heavy atom. The minimum absolute atomic E-state index is 0.378. The molecule has 0 fully saturated rings. The van der Waals surface area contributed by atoms with E-state index in [4.69, 9.17) is 0 Å². The molecule has 0 unspecified atom stereocenters. The van der Waals surface area contributed by atoms with Gasteiger partial charge >= 0.3 is 0 Å². The van der Waals surface area contributed by atoms with Crippen LogP contribution in [0.15, 0.2) is 30.3 Å². The summed E-state index contributed by atoms with van der Waals surface area (Å²) in [5.41, 5.74) is 1.02. The van der Waals surface area contributed by atoms with Crippen LogP contribution in [0.4, 0.5) is 5.69 Å². The highest BCUT2D eigenvalue weighted by Crippen LogP contribution is 2.12. The Labute approximate surface area is 89.7 Å². The molecule has 0 radical (unpaired) electrons. The third-order valence-electron chi connectivity index (χ3n) is 2.17. The van der Waals surface area contributed by atoms with Crippen molar-refractivity contribution in [3.63, 3.8) is 0 Å². The summed E-state index contributed by atoms with van der Waals surface area (Å²) < 4.78 is 0. The van der Waals surface area contributed by atoms with Crippen LogP contribution in [-0.4, -0.2) is 25.7 Å². The molecule has 0 aliphatic rings. The first-order chi connectivity index (χ1) is 7.38. The zero-order valence-electron chi connectivity index (χ0n) is 8.63. The zero-order chi connectivity index (χ0) is 10.9. The lowest BCUT2D eigenvalue weighted by atomic mass is 10.2. The maximum absolute atomic E-state index is 10.5. The number of hydrogen-bond acceptors (Lipinski definition) is 3. The van der Waals surface area contributed by atoms with E-state index < -0.39 is 0 Å². The number of rotatable bonds is 7. The molecule has 15 heavy (non-hydrogen) atoms. The molecule has 0 amide bonds. The highest BCUT2D eigenvalue weighted by atomic mass is 16.1. The number of anilines is 1. The second-order valence-corrected chi connectivity index (χ2v) is 3.26. The van der Waals surface area contributed by atoms with Crippen molar-refractivity contribution >= 4 is 18.3 Å². The maximum Gasteiger partial charge on any atom is 0.139 e. The van der Waals surface area contributed by atoms with E-state index >= 15 is 0 Å². The smallest absolute Gasteiger partial charge is 0.139 e. The van der Waals surface area contributed by atoms with E-state index in [-0.39, 0.29) is 0 Å². The van der Waals surface area contributed by atoms with Crippen LogP contribution >= 0.6 is 0 Å². The number of unbranched alkanes of at least 4 members (excludes halogenated alkanes) is 1. The van der Waals surface area contributed by atoms with Gasteiger partial charge in [0.1, 0.15) is 12.6 Å². The Morgan fingerprint density at radius 3 is 2.40 bits per heavy atom. The fourth-order valence-corrected chi connectivity index (χ4v) is 1.42. The van der Waals surface area contributed by atoms with E-state index in [0.29, 0.717) is 13.0 Å². The van der Waals surface area contributed by atoms with Crippen molar-refractivity contribution in [2.45, 2.75) is 12.8 Å². The van der Waals surface area contributed by atoms with Crippen LogP contribution in [-0.2, 0) is 9.59 Å². The average Bonchev–Trinajstić information content (AvgIpc) is 2.29. The Kier molecular flexibility index (Phi) is 5.15. The second kappa shape index (κ2) is 6.76. The molecule has 80 valence electrons. The molecular weight excluding hydrogens is 190 g/mol. The van der Waals surface area contributed by atoms with Crippen LogP contribution in [0.25, 0.3) is 0 Å². The normalized spacial score (nSPS) is 9.60. The summed E-state index contributed by atoms with van der Waals surface area (Å²) in [6.45, 7) is 1.12. The van der Waals surface area contributed by atoms with Gasteiger partial charge in [0.05, 0.1) is 6.54 Å². The van der Waals surface area contributed by atoms with Gasteiger partial charge in [0.15, 0.2) is 0 Å².